The summed E-state index contributed by atoms with van der Waals surface area (Å²) >= 11 is 0. The highest BCUT2D eigenvalue weighted by Crippen LogP contribution is 2.24. The number of hydrogen-bond acceptors (Lipinski definition) is 8. The fraction of sp³-hybridized carbons (Fsp3) is 1.00. The van der Waals surface area contributed by atoms with E-state index in [1.807, 2.05) is 0 Å². The zero-order chi connectivity index (χ0) is 27.5. The summed E-state index contributed by atoms with van der Waals surface area (Å²) in [6.45, 7) is 4.05. The molecule has 1 rings (SSSR count). The summed E-state index contributed by atoms with van der Waals surface area (Å²) in [5.41, 5.74) is 0. The first-order chi connectivity index (χ1) is 17.7. The molecule has 0 aliphatic carbocycles. The summed E-state index contributed by atoms with van der Waals surface area (Å²) in [5, 5.41) is 39.4. The molecule has 0 aromatic rings. The Bertz CT molecular complexity index is 648. The topological polar surface area (TPSA) is 148 Å². The molecule has 1 heterocycles. The second-order valence-electron chi connectivity index (χ2n) is 10.7. The van der Waals surface area contributed by atoms with Crippen molar-refractivity contribution in [2.75, 3.05) is 32.0 Å². The van der Waals surface area contributed by atoms with Gasteiger partial charge in [0.05, 0.1) is 18.5 Å². The highest BCUT2D eigenvalue weighted by Gasteiger charge is 2.42. The van der Waals surface area contributed by atoms with Gasteiger partial charge in [-0.3, -0.25) is 4.55 Å². The van der Waals surface area contributed by atoms with E-state index in [2.05, 4.69) is 11.8 Å². The van der Waals surface area contributed by atoms with Crippen LogP contribution in [-0.4, -0.2) is 101 Å². The molecular weight excluding hydrogens is 498 g/mol. The van der Waals surface area contributed by atoms with Crippen molar-refractivity contribution in [3.8, 4) is 0 Å². The molecule has 9 nitrogen and oxygen atoms in total. The molecule has 10 heteroatoms. The Labute approximate surface area is 225 Å². The van der Waals surface area contributed by atoms with Crippen molar-refractivity contribution < 1.29 is 38.1 Å². The molecule has 0 spiro atoms. The van der Waals surface area contributed by atoms with Gasteiger partial charge in [-0.15, -0.1) is 0 Å². The smallest absolute Gasteiger partial charge is 0.264 e. The lowest BCUT2D eigenvalue weighted by Gasteiger charge is -2.40. The SMILES string of the molecule is CCCCCCCCCCCCCCN(CCCC[C@@H]1O[C@H](CO)[C@@H](O)[C@H](O)[C@H]1O)CCCS(=O)(=O)O. The van der Waals surface area contributed by atoms with Crippen molar-refractivity contribution >= 4 is 10.1 Å². The van der Waals surface area contributed by atoms with E-state index >= 15 is 0 Å². The summed E-state index contributed by atoms with van der Waals surface area (Å²) in [5.74, 6) is -0.243. The summed E-state index contributed by atoms with van der Waals surface area (Å²) in [4.78, 5) is 2.23. The number of aliphatic hydroxyl groups excluding tert-OH is 4. The Morgan fingerprint density at radius 1 is 0.649 bits per heavy atom. The zero-order valence-electron chi connectivity index (χ0n) is 23.1. The molecule has 0 aromatic carbocycles. The summed E-state index contributed by atoms with van der Waals surface area (Å²) in [7, 11) is -3.97. The third-order valence-electron chi connectivity index (χ3n) is 7.41. The first-order valence-corrected chi connectivity index (χ1v) is 16.3. The molecule has 0 amide bonds. The van der Waals surface area contributed by atoms with Crippen molar-refractivity contribution in [3.05, 3.63) is 0 Å². The number of nitrogens with zero attached hydrogens (tertiary/aromatic N) is 1. The molecule has 0 saturated carbocycles. The van der Waals surface area contributed by atoms with Crippen molar-refractivity contribution in [3.63, 3.8) is 0 Å². The average molecular weight is 554 g/mol. The van der Waals surface area contributed by atoms with Crippen LogP contribution in [0.3, 0.4) is 0 Å². The molecule has 1 aliphatic heterocycles. The molecule has 5 N–H and O–H groups in total. The van der Waals surface area contributed by atoms with E-state index in [1.165, 1.54) is 64.2 Å². The molecular formula is C27H55NO8S. The van der Waals surface area contributed by atoms with Crippen LogP contribution in [0.4, 0.5) is 0 Å². The van der Waals surface area contributed by atoms with Crippen LogP contribution in [0.25, 0.3) is 0 Å². The Hall–Kier alpha value is -0.330. The monoisotopic (exact) mass is 553 g/mol. The van der Waals surface area contributed by atoms with Crippen LogP contribution in [0, 0.1) is 0 Å². The first kappa shape index (κ1) is 34.7. The molecule has 1 fully saturated rings. The maximum Gasteiger partial charge on any atom is 0.264 e. The van der Waals surface area contributed by atoms with Crippen LogP contribution >= 0.6 is 0 Å². The van der Waals surface area contributed by atoms with Crippen LogP contribution in [-0.2, 0) is 14.9 Å². The van der Waals surface area contributed by atoms with E-state index in [9.17, 15) is 28.8 Å². The van der Waals surface area contributed by atoms with Gasteiger partial charge in [0.25, 0.3) is 10.1 Å². The van der Waals surface area contributed by atoms with Gasteiger partial charge in [-0.05, 0) is 51.7 Å². The fourth-order valence-corrected chi connectivity index (χ4v) is 5.57. The van der Waals surface area contributed by atoms with Crippen LogP contribution < -0.4 is 0 Å². The lowest BCUT2D eigenvalue weighted by molar-refractivity contribution is -0.230. The number of ether oxygens (including phenoxy) is 1. The second kappa shape index (κ2) is 20.6. The number of rotatable bonds is 23. The maximum atomic E-state index is 11.1. The molecule has 5 atom stereocenters. The van der Waals surface area contributed by atoms with E-state index < -0.39 is 47.2 Å². The minimum Gasteiger partial charge on any atom is -0.394 e. The average Bonchev–Trinajstić information content (AvgIpc) is 2.85. The van der Waals surface area contributed by atoms with Crippen molar-refractivity contribution in [1.82, 2.24) is 4.90 Å². The molecule has 0 bridgehead atoms. The minimum absolute atomic E-state index is 0.243. The van der Waals surface area contributed by atoms with E-state index in [0.717, 1.165) is 38.8 Å². The lowest BCUT2D eigenvalue weighted by atomic mass is 9.92. The number of unbranched alkanes of at least 4 members (excludes halogenated alkanes) is 12. The van der Waals surface area contributed by atoms with Gasteiger partial charge in [0.1, 0.15) is 24.4 Å². The van der Waals surface area contributed by atoms with Crippen LogP contribution in [0.2, 0.25) is 0 Å². The molecule has 0 radical (unpaired) electrons. The minimum atomic E-state index is -3.97. The molecule has 1 aliphatic rings. The zero-order valence-corrected chi connectivity index (χ0v) is 23.9. The first-order valence-electron chi connectivity index (χ1n) is 14.7. The highest BCUT2D eigenvalue weighted by atomic mass is 32.2. The van der Waals surface area contributed by atoms with Gasteiger partial charge >= 0.3 is 0 Å². The van der Waals surface area contributed by atoms with Gasteiger partial charge in [-0.25, -0.2) is 0 Å². The van der Waals surface area contributed by atoms with Gasteiger partial charge in [-0.2, -0.15) is 8.42 Å². The number of aliphatic hydroxyl groups is 4. The molecule has 0 aromatic heterocycles. The fourth-order valence-electron chi connectivity index (χ4n) is 5.08. The lowest BCUT2D eigenvalue weighted by Crippen LogP contribution is -2.58. The van der Waals surface area contributed by atoms with Crippen LogP contribution in [0.1, 0.15) is 110 Å². The predicted molar refractivity (Wildman–Crippen MR) is 146 cm³/mol. The largest absolute Gasteiger partial charge is 0.394 e. The highest BCUT2D eigenvalue weighted by molar-refractivity contribution is 7.85. The summed E-state index contributed by atoms with van der Waals surface area (Å²) in [6.07, 6.45) is 12.3. The van der Waals surface area contributed by atoms with Gasteiger partial charge in [0, 0.05) is 0 Å². The molecule has 37 heavy (non-hydrogen) atoms. The third-order valence-corrected chi connectivity index (χ3v) is 8.21. The standard InChI is InChI=1S/C27H55NO8S/c1-2-3-4-5-6-7-8-9-10-11-12-14-18-28(20-16-21-37(33,34)35)19-15-13-17-23-25(30)27(32)26(31)24(22-29)36-23/h23-27,29-32H,2-22H2,1H3,(H,33,34,35)/t23-,24+,25-,26+,27+/m0/s1. The van der Waals surface area contributed by atoms with Gasteiger partial charge in [0.2, 0.25) is 0 Å². The molecule has 222 valence electrons. The van der Waals surface area contributed by atoms with E-state index in [1.54, 1.807) is 0 Å². The second-order valence-corrected chi connectivity index (χ2v) is 12.3. The van der Waals surface area contributed by atoms with Crippen molar-refractivity contribution in [2.24, 2.45) is 0 Å². The third kappa shape index (κ3) is 16.4. The van der Waals surface area contributed by atoms with Crippen LogP contribution in [0.15, 0.2) is 0 Å². The molecule has 1 saturated heterocycles. The van der Waals surface area contributed by atoms with Gasteiger partial charge in [-0.1, -0.05) is 77.6 Å². The van der Waals surface area contributed by atoms with Crippen molar-refractivity contribution in [1.29, 1.82) is 0 Å². The normalized spacial score (nSPS) is 24.7. The Morgan fingerprint density at radius 2 is 1.11 bits per heavy atom. The van der Waals surface area contributed by atoms with E-state index in [-0.39, 0.29) is 5.75 Å². The maximum absolute atomic E-state index is 11.1. The van der Waals surface area contributed by atoms with Crippen LogP contribution in [0.5, 0.6) is 0 Å². The summed E-state index contributed by atoms with van der Waals surface area (Å²) < 4.78 is 36.8. The Balaban J connectivity index is 2.27. The van der Waals surface area contributed by atoms with E-state index in [0.29, 0.717) is 19.4 Å². The van der Waals surface area contributed by atoms with Crippen molar-refractivity contribution in [2.45, 2.75) is 140 Å². The number of hydrogen-bond donors (Lipinski definition) is 5. The quantitative estimate of drug-likeness (QED) is 0.0949. The van der Waals surface area contributed by atoms with Gasteiger partial charge in [0.15, 0.2) is 0 Å². The predicted octanol–water partition coefficient (Wildman–Crippen LogP) is 3.28. The van der Waals surface area contributed by atoms with E-state index in [4.69, 9.17) is 9.29 Å². The van der Waals surface area contributed by atoms with Gasteiger partial charge < -0.3 is 30.1 Å². The summed E-state index contributed by atoms with van der Waals surface area (Å²) in [6, 6.07) is 0. The Kier molecular flexibility index (Phi) is 19.3. The molecule has 0 unspecified atom stereocenters. The Morgan fingerprint density at radius 3 is 1.62 bits per heavy atom.